The first-order chi connectivity index (χ1) is 25.7. The van der Waals surface area contributed by atoms with Crippen molar-refractivity contribution in [3.05, 3.63) is 64.8 Å². The van der Waals surface area contributed by atoms with Gasteiger partial charge in [-0.05, 0) is 74.7 Å². The zero-order valence-corrected chi connectivity index (χ0v) is 30.8. The number of aliphatic carboxylic acids is 1. The molecule has 1 fully saturated rings. The summed E-state index contributed by atoms with van der Waals surface area (Å²) in [6.45, 7) is 0.164. The summed E-state index contributed by atoms with van der Waals surface area (Å²) < 4.78 is 60.7. The van der Waals surface area contributed by atoms with Crippen LogP contribution in [0.3, 0.4) is 0 Å². The van der Waals surface area contributed by atoms with Crippen molar-refractivity contribution in [3.8, 4) is 0 Å². The van der Waals surface area contributed by atoms with Crippen molar-refractivity contribution in [2.24, 2.45) is 17.6 Å². The first-order valence-electron chi connectivity index (χ1n) is 16.7. The van der Waals surface area contributed by atoms with Crippen molar-refractivity contribution in [2.75, 3.05) is 45.2 Å². The number of aromatic amines is 1. The minimum absolute atomic E-state index is 0.174. The lowest BCUT2D eigenvalue weighted by Gasteiger charge is -2.39. The number of carbonyl (C=O) groups is 5. The predicted molar refractivity (Wildman–Crippen MR) is 192 cm³/mol. The van der Waals surface area contributed by atoms with Gasteiger partial charge in [0.05, 0.1) is 5.92 Å². The molecule has 0 saturated carbocycles. The predicted octanol–water partition coefficient (Wildman–Crippen LogP) is 5.48. The van der Waals surface area contributed by atoms with Crippen LogP contribution in [-0.4, -0.2) is 114 Å². The molecule has 3 heterocycles. The molecular formula is C35H43ClF6N6O7. The van der Waals surface area contributed by atoms with Crippen molar-refractivity contribution in [2.45, 2.75) is 51.0 Å². The molecule has 0 bridgehead atoms. The number of rotatable bonds is 7. The Hall–Kier alpha value is -5.04. The molecule has 4 atom stereocenters. The molecule has 3 aromatic rings. The number of nitrogens with two attached hydrogens (primary N) is 1. The molecule has 20 heteroatoms. The second-order valence-electron chi connectivity index (χ2n) is 12.9. The normalized spacial score (nSPS) is 17.6. The maximum Gasteiger partial charge on any atom is 0.490 e. The van der Waals surface area contributed by atoms with Gasteiger partial charge in [-0.15, -0.1) is 0 Å². The molecule has 1 saturated heterocycles. The van der Waals surface area contributed by atoms with Gasteiger partial charge in [-0.1, -0.05) is 36.7 Å². The Kier molecular flexibility index (Phi) is 17.7. The molecule has 2 aromatic carbocycles. The highest BCUT2D eigenvalue weighted by Crippen LogP contribution is 2.35. The number of H-pyrrole nitrogens is 1. The summed E-state index contributed by atoms with van der Waals surface area (Å²) in [6, 6.07) is 12.4. The zero-order valence-electron chi connectivity index (χ0n) is 30.0. The molecule has 5 rings (SSSR count). The first kappa shape index (κ1) is 46.1. The van der Waals surface area contributed by atoms with Crippen LogP contribution in [0.15, 0.2) is 48.7 Å². The number of piperidine rings is 1. The largest absolute Gasteiger partial charge is 0.490 e. The van der Waals surface area contributed by atoms with E-state index in [2.05, 4.69) is 15.2 Å². The van der Waals surface area contributed by atoms with Crippen LogP contribution >= 0.6 is 11.6 Å². The lowest BCUT2D eigenvalue weighted by molar-refractivity contribution is -0.192. The summed E-state index contributed by atoms with van der Waals surface area (Å²) in [4.78, 5) is 66.3. The molecule has 6 N–H and O–H groups in total. The third-order valence-electron chi connectivity index (χ3n) is 8.68. The average Bonchev–Trinajstić information content (AvgIpc) is 3.53. The van der Waals surface area contributed by atoms with E-state index in [1.54, 1.807) is 11.0 Å². The van der Waals surface area contributed by atoms with E-state index in [0.717, 1.165) is 40.7 Å². The number of anilines is 1. The van der Waals surface area contributed by atoms with Gasteiger partial charge in [0, 0.05) is 59.9 Å². The lowest BCUT2D eigenvalue weighted by atomic mass is 9.88. The molecule has 2 aliphatic heterocycles. The number of carboxylic acid groups (broad SMARTS) is 2. The number of hydrogen-bond donors (Lipinski definition) is 5. The summed E-state index contributed by atoms with van der Waals surface area (Å²) >= 11 is 6.37. The monoisotopic (exact) mass is 808 g/mol. The van der Waals surface area contributed by atoms with E-state index >= 15 is 0 Å². The SMILES string of the molecule is CC(c1c[nH]c2ccccc12)C(NC(=O)N1CCCC(C(N)=O)C1)C(=O)N1C[C@@H](CN(C)C)Cc2cc(Cl)ccc21.FC(F)F.O=C(O)C(F)(F)F.O=CO. The second-order valence-corrected chi connectivity index (χ2v) is 13.3. The number of urea groups is 1. The molecule has 304 valence electrons. The third-order valence-corrected chi connectivity index (χ3v) is 8.92. The Morgan fingerprint density at radius 2 is 1.71 bits per heavy atom. The fourth-order valence-corrected chi connectivity index (χ4v) is 6.59. The smallest absolute Gasteiger partial charge is 0.483 e. The first-order valence-corrected chi connectivity index (χ1v) is 17.0. The number of hydrogen-bond acceptors (Lipinski definition) is 6. The van der Waals surface area contributed by atoms with Crippen LogP contribution in [0.5, 0.6) is 0 Å². The summed E-state index contributed by atoms with van der Waals surface area (Å²) in [7, 11) is 4.06. The van der Waals surface area contributed by atoms with Gasteiger partial charge < -0.3 is 40.9 Å². The number of likely N-dealkylation sites (tertiary alicyclic amines) is 1. The van der Waals surface area contributed by atoms with Crippen molar-refractivity contribution >= 4 is 58.5 Å². The van der Waals surface area contributed by atoms with E-state index in [4.69, 9.17) is 37.1 Å². The highest BCUT2D eigenvalue weighted by Gasteiger charge is 2.39. The molecule has 0 radical (unpaired) electrons. The summed E-state index contributed by atoms with van der Waals surface area (Å²) in [6.07, 6.45) is -1.00. The van der Waals surface area contributed by atoms with Gasteiger partial charge in [-0.3, -0.25) is 14.4 Å². The molecule has 2 aliphatic rings. The Morgan fingerprint density at radius 3 is 2.27 bits per heavy atom. The number of nitrogens with one attached hydrogen (secondary N) is 2. The Bertz CT molecular complexity index is 1760. The molecule has 55 heavy (non-hydrogen) atoms. The number of nitrogens with zero attached hydrogens (tertiary/aromatic N) is 3. The van der Waals surface area contributed by atoms with Crippen LogP contribution in [0.1, 0.15) is 36.8 Å². The lowest BCUT2D eigenvalue weighted by Crippen LogP contribution is -2.57. The standard InChI is InChI=1S/C31H39ClN6O3.C2HF3O2.CHF3.CH2O2/c1-19(25-15-34-26-9-5-4-8-24(25)26)28(35-31(41)37-12-6-7-21(18-37)29(33)39)30(40)38-17-20(16-36(2)3)13-22-14-23(32)10-11-27(22)38;3-2(4,5)1(6)7;2-1(3)4;2-1-3/h4-5,8-11,14-15,19-21,28,34H,6-7,12-13,16-18H2,1-3H3,(H2,33,39)(H,35,41);(H,6,7);1H;1H,(H,2,3)/t19?,20-,21?,28?;;;/m1.../s1. The minimum atomic E-state index is -5.08. The van der Waals surface area contributed by atoms with E-state index in [1.165, 1.54) is 0 Å². The van der Waals surface area contributed by atoms with Gasteiger partial charge in [0.25, 0.3) is 6.47 Å². The van der Waals surface area contributed by atoms with Crippen LogP contribution in [0, 0.1) is 11.8 Å². The third kappa shape index (κ3) is 14.0. The quantitative estimate of drug-likeness (QED) is 0.153. The fourth-order valence-electron chi connectivity index (χ4n) is 6.40. The number of alkyl halides is 6. The average molecular weight is 809 g/mol. The zero-order chi connectivity index (χ0) is 41.6. The molecule has 0 spiro atoms. The van der Waals surface area contributed by atoms with Crippen molar-refractivity contribution in [1.82, 2.24) is 20.1 Å². The number of carbonyl (C=O) groups excluding carboxylic acids is 3. The summed E-state index contributed by atoms with van der Waals surface area (Å²) in [5.41, 5.74) is 9.34. The fraction of sp³-hybridized carbons (Fsp3) is 0.457. The van der Waals surface area contributed by atoms with Crippen LogP contribution in [0.25, 0.3) is 10.9 Å². The Labute approximate surface area is 317 Å². The second kappa shape index (κ2) is 21.2. The summed E-state index contributed by atoms with van der Waals surface area (Å²) in [5.74, 6) is -3.86. The van der Waals surface area contributed by atoms with Crippen LogP contribution in [0.2, 0.25) is 5.02 Å². The highest BCUT2D eigenvalue weighted by molar-refractivity contribution is 6.30. The Morgan fingerprint density at radius 1 is 1.11 bits per heavy atom. The number of para-hydroxylation sites is 1. The van der Waals surface area contributed by atoms with Gasteiger partial charge in [-0.2, -0.15) is 26.3 Å². The molecule has 4 amide bonds. The van der Waals surface area contributed by atoms with E-state index in [1.807, 2.05) is 68.5 Å². The van der Waals surface area contributed by atoms with Crippen LogP contribution < -0.4 is 16.0 Å². The van der Waals surface area contributed by atoms with E-state index < -0.39 is 30.8 Å². The Balaban J connectivity index is 0.000000641. The molecular weight excluding hydrogens is 766 g/mol. The van der Waals surface area contributed by atoms with Gasteiger partial charge in [0.1, 0.15) is 6.04 Å². The maximum absolute atomic E-state index is 14.6. The van der Waals surface area contributed by atoms with E-state index in [9.17, 15) is 40.7 Å². The van der Waals surface area contributed by atoms with E-state index in [-0.39, 0.29) is 42.7 Å². The minimum Gasteiger partial charge on any atom is -0.483 e. The van der Waals surface area contributed by atoms with Crippen LogP contribution in [0.4, 0.5) is 36.8 Å². The molecule has 13 nitrogen and oxygen atoms in total. The summed E-state index contributed by atoms with van der Waals surface area (Å²) in [5, 5.41) is 18.7. The molecule has 0 aliphatic carbocycles. The van der Waals surface area contributed by atoms with Crippen molar-refractivity contribution in [1.29, 1.82) is 0 Å². The highest BCUT2D eigenvalue weighted by atomic mass is 35.5. The van der Waals surface area contributed by atoms with Gasteiger partial charge >= 0.3 is 24.9 Å². The van der Waals surface area contributed by atoms with Gasteiger partial charge in [0.2, 0.25) is 11.8 Å². The van der Waals surface area contributed by atoms with Crippen molar-refractivity contribution < 1.29 is 60.5 Å². The molecule has 3 unspecified atom stereocenters. The van der Waals surface area contributed by atoms with E-state index in [0.29, 0.717) is 31.0 Å². The molecule has 1 aromatic heterocycles. The maximum atomic E-state index is 14.6. The number of amides is 4. The van der Waals surface area contributed by atoms with Gasteiger partial charge in [-0.25, -0.2) is 9.59 Å². The van der Waals surface area contributed by atoms with Crippen LogP contribution in [-0.2, 0) is 25.6 Å². The number of primary amides is 1. The topological polar surface area (TPSA) is 189 Å². The number of halogens is 7. The number of aromatic nitrogens is 1. The van der Waals surface area contributed by atoms with Crippen molar-refractivity contribution in [3.63, 3.8) is 0 Å². The van der Waals surface area contributed by atoms with Gasteiger partial charge in [0.15, 0.2) is 0 Å². The number of carboxylic acids is 1. The number of benzene rings is 2. The number of fused-ring (bicyclic) bond motifs is 2.